The van der Waals surface area contributed by atoms with Gasteiger partial charge in [-0.2, -0.15) is 0 Å². The van der Waals surface area contributed by atoms with Gasteiger partial charge in [-0.3, -0.25) is 14.4 Å². The lowest BCUT2D eigenvalue weighted by Gasteiger charge is -2.16. The van der Waals surface area contributed by atoms with Crippen LogP contribution in [0.15, 0.2) is 84.9 Å². The van der Waals surface area contributed by atoms with E-state index < -0.39 is 24.5 Å². The van der Waals surface area contributed by atoms with Gasteiger partial charge in [0.25, 0.3) is 5.91 Å². The molecule has 0 aliphatic rings. The van der Waals surface area contributed by atoms with Crippen molar-refractivity contribution in [1.29, 1.82) is 0 Å². The number of rotatable bonds is 9. The van der Waals surface area contributed by atoms with Crippen LogP contribution in [0.25, 0.3) is 11.1 Å². The van der Waals surface area contributed by atoms with Gasteiger partial charge in [-0.15, -0.1) is 0 Å². The Balaban J connectivity index is 1.47. The zero-order valence-corrected chi connectivity index (χ0v) is 17.4. The predicted molar refractivity (Wildman–Crippen MR) is 119 cm³/mol. The summed E-state index contributed by atoms with van der Waals surface area (Å²) in [4.78, 5) is 36.1. The number of ketones is 1. The molecule has 0 spiro atoms. The third-order valence-corrected chi connectivity index (χ3v) is 4.88. The van der Waals surface area contributed by atoms with E-state index in [0.29, 0.717) is 6.42 Å². The first-order valence-electron chi connectivity index (χ1n) is 10.1. The number of amides is 1. The maximum absolute atomic E-state index is 12.2. The largest absolute Gasteiger partial charge is 0.455 e. The maximum atomic E-state index is 12.2. The normalized spacial score (nSPS) is 11.4. The second-order valence-corrected chi connectivity index (χ2v) is 7.32. The van der Waals surface area contributed by atoms with Gasteiger partial charge in [0, 0.05) is 0 Å². The van der Waals surface area contributed by atoms with Gasteiger partial charge in [0.05, 0.1) is 12.5 Å². The highest BCUT2D eigenvalue weighted by atomic mass is 16.5. The van der Waals surface area contributed by atoms with Crippen LogP contribution in [0, 0.1) is 0 Å². The molecule has 0 fully saturated rings. The lowest BCUT2D eigenvalue weighted by atomic mass is 10.0. The molecule has 3 aromatic rings. The van der Waals surface area contributed by atoms with E-state index in [1.165, 1.54) is 6.92 Å². The van der Waals surface area contributed by atoms with Crippen LogP contribution >= 0.6 is 0 Å². The highest BCUT2D eigenvalue weighted by Crippen LogP contribution is 2.19. The van der Waals surface area contributed by atoms with E-state index in [1.807, 2.05) is 84.9 Å². The van der Waals surface area contributed by atoms with Crippen LogP contribution in [0.1, 0.15) is 18.1 Å². The number of hydrogen-bond donors (Lipinski definition) is 1. The van der Waals surface area contributed by atoms with E-state index in [4.69, 9.17) is 4.74 Å². The summed E-state index contributed by atoms with van der Waals surface area (Å²) >= 11 is 0. The van der Waals surface area contributed by atoms with Gasteiger partial charge >= 0.3 is 5.97 Å². The highest BCUT2D eigenvalue weighted by Gasteiger charge is 2.18. The Morgan fingerprint density at radius 2 is 1.35 bits per heavy atom. The van der Waals surface area contributed by atoms with E-state index in [9.17, 15) is 14.4 Å². The fourth-order valence-corrected chi connectivity index (χ4v) is 3.19. The quantitative estimate of drug-likeness (QED) is 0.540. The molecule has 0 bridgehead atoms. The van der Waals surface area contributed by atoms with Crippen molar-refractivity contribution in [2.24, 2.45) is 0 Å². The molecule has 3 rings (SSSR count). The number of ether oxygens (including phenoxy) is 1. The lowest BCUT2D eigenvalue weighted by Crippen LogP contribution is -2.43. The molecule has 0 aliphatic carbocycles. The van der Waals surface area contributed by atoms with Crippen molar-refractivity contribution in [3.63, 3.8) is 0 Å². The van der Waals surface area contributed by atoms with Crippen LogP contribution in [-0.2, 0) is 32.0 Å². The molecule has 5 nitrogen and oxygen atoms in total. The highest BCUT2D eigenvalue weighted by molar-refractivity contribution is 5.89. The minimum Gasteiger partial charge on any atom is -0.455 e. The zero-order chi connectivity index (χ0) is 22.1. The van der Waals surface area contributed by atoms with Crippen LogP contribution in [0.5, 0.6) is 0 Å². The molecule has 0 saturated heterocycles. The predicted octanol–water partition coefficient (Wildman–Crippen LogP) is 3.76. The van der Waals surface area contributed by atoms with E-state index in [2.05, 4.69) is 5.32 Å². The van der Waals surface area contributed by atoms with Gasteiger partial charge in [0.2, 0.25) is 0 Å². The van der Waals surface area contributed by atoms with Gasteiger partial charge in [0.15, 0.2) is 12.4 Å². The summed E-state index contributed by atoms with van der Waals surface area (Å²) in [5.41, 5.74) is 3.91. The van der Waals surface area contributed by atoms with Crippen molar-refractivity contribution >= 4 is 17.7 Å². The number of carbonyl (C=O) groups excluding carboxylic acids is 3. The van der Waals surface area contributed by atoms with Gasteiger partial charge in [-0.05, 0) is 35.6 Å². The van der Waals surface area contributed by atoms with Crippen LogP contribution in [0.2, 0.25) is 0 Å². The monoisotopic (exact) mass is 415 g/mol. The van der Waals surface area contributed by atoms with E-state index in [1.54, 1.807) is 0 Å². The molecule has 0 unspecified atom stereocenters. The van der Waals surface area contributed by atoms with Crippen LogP contribution in [-0.4, -0.2) is 30.3 Å². The summed E-state index contributed by atoms with van der Waals surface area (Å²) in [6.45, 7) is 1.01. The summed E-state index contributed by atoms with van der Waals surface area (Å²) in [6.07, 6.45) is 0.464. The first-order valence-corrected chi connectivity index (χ1v) is 10.1. The molecular formula is C26H25NO4. The second-order valence-electron chi connectivity index (χ2n) is 7.32. The van der Waals surface area contributed by atoms with Crippen molar-refractivity contribution in [3.05, 3.63) is 96.1 Å². The van der Waals surface area contributed by atoms with E-state index in [0.717, 1.165) is 22.3 Å². The number of esters is 1. The Hall–Kier alpha value is -3.73. The molecule has 158 valence electrons. The molecular weight excluding hydrogens is 390 g/mol. The number of benzene rings is 3. The fraction of sp³-hybridized carbons (Fsp3) is 0.192. The smallest absolute Gasteiger partial charge is 0.310 e. The summed E-state index contributed by atoms with van der Waals surface area (Å²) in [7, 11) is 0. The molecule has 0 radical (unpaired) electrons. The number of Topliss-reactive ketones (excluding diaryl/α,β-unsaturated/α-hetero) is 1. The maximum Gasteiger partial charge on any atom is 0.310 e. The second kappa shape index (κ2) is 10.9. The van der Waals surface area contributed by atoms with Crippen molar-refractivity contribution in [3.8, 4) is 11.1 Å². The summed E-state index contributed by atoms with van der Waals surface area (Å²) in [5, 5.41) is 2.64. The molecule has 1 atom stereocenters. The summed E-state index contributed by atoms with van der Waals surface area (Å²) < 4.78 is 5.09. The fourth-order valence-electron chi connectivity index (χ4n) is 3.19. The topological polar surface area (TPSA) is 72.5 Å². The van der Waals surface area contributed by atoms with Gasteiger partial charge < -0.3 is 10.1 Å². The zero-order valence-electron chi connectivity index (χ0n) is 17.4. The third kappa shape index (κ3) is 6.93. The Bertz CT molecular complexity index is 1010. The average Bonchev–Trinajstić information content (AvgIpc) is 2.79. The molecule has 1 amide bonds. The van der Waals surface area contributed by atoms with Crippen molar-refractivity contribution in [2.75, 3.05) is 6.61 Å². The molecule has 5 heteroatoms. The molecule has 3 aromatic carbocycles. The van der Waals surface area contributed by atoms with E-state index >= 15 is 0 Å². The van der Waals surface area contributed by atoms with Crippen LogP contribution < -0.4 is 5.32 Å². The molecule has 0 heterocycles. The van der Waals surface area contributed by atoms with Crippen LogP contribution in [0.4, 0.5) is 0 Å². The molecule has 0 saturated carbocycles. The summed E-state index contributed by atoms with van der Waals surface area (Å²) in [5.74, 6) is -1.14. The standard InChI is InChI=1S/C26H25NO4/c1-19(28)24(16-20-8-4-2-5-9-20)27-25(29)18-31-26(30)17-21-12-14-23(15-13-21)22-10-6-3-7-11-22/h2-15,24H,16-18H2,1H3,(H,27,29)/t24-/m1/s1. The van der Waals surface area contributed by atoms with Crippen molar-refractivity contribution in [2.45, 2.75) is 25.8 Å². The molecule has 1 N–H and O–H groups in total. The Kier molecular flexibility index (Phi) is 7.71. The summed E-state index contributed by atoms with van der Waals surface area (Å²) in [6, 6.07) is 26.4. The van der Waals surface area contributed by atoms with Crippen molar-refractivity contribution < 1.29 is 19.1 Å². The number of carbonyl (C=O) groups is 3. The number of hydrogen-bond acceptors (Lipinski definition) is 4. The van der Waals surface area contributed by atoms with Crippen LogP contribution in [0.3, 0.4) is 0 Å². The average molecular weight is 415 g/mol. The van der Waals surface area contributed by atoms with Gasteiger partial charge in [-0.25, -0.2) is 0 Å². The van der Waals surface area contributed by atoms with Crippen molar-refractivity contribution in [1.82, 2.24) is 5.32 Å². The van der Waals surface area contributed by atoms with Gasteiger partial charge in [-0.1, -0.05) is 84.9 Å². The van der Waals surface area contributed by atoms with E-state index in [-0.39, 0.29) is 12.2 Å². The first kappa shape index (κ1) is 22.0. The molecule has 31 heavy (non-hydrogen) atoms. The number of nitrogens with one attached hydrogen (secondary N) is 1. The minimum atomic E-state index is -0.654. The first-order chi connectivity index (χ1) is 15.0. The molecule has 0 aliphatic heterocycles. The SMILES string of the molecule is CC(=O)[C@@H](Cc1ccccc1)NC(=O)COC(=O)Cc1ccc(-c2ccccc2)cc1. The lowest BCUT2D eigenvalue weighted by molar-refractivity contribution is -0.148. The van der Waals surface area contributed by atoms with Gasteiger partial charge in [0.1, 0.15) is 0 Å². The Morgan fingerprint density at radius 3 is 1.97 bits per heavy atom. The third-order valence-electron chi connectivity index (χ3n) is 4.88. The Labute approximate surface area is 182 Å². The molecule has 0 aromatic heterocycles. The Morgan fingerprint density at radius 1 is 0.774 bits per heavy atom. The minimum absolute atomic E-state index is 0.0719.